The van der Waals surface area contributed by atoms with Crippen molar-refractivity contribution in [3.05, 3.63) is 59.1 Å². The van der Waals surface area contributed by atoms with Crippen LogP contribution in [0.5, 0.6) is 11.5 Å². The summed E-state index contributed by atoms with van der Waals surface area (Å²) in [5, 5.41) is 0.511. The van der Waals surface area contributed by atoms with Crippen molar-refractivity contribution in [2.45, 2.75) is 0 Å². The van der Waals surface area contributed by atoms with Crippen LogP contribution in [0.2, 0.25) is 5.02 Å². The van der Waals surface area contributed by atoms with Gasteiger partial charge in [0, 0.05) is 5.56 Å². The summed E-state index contributed by atoms with van der Waals surface area (Å²) in [5.74, 6) is 0.569. The standard InChI is InChI=1S/C13H10ClNO2/c14-11-6-1-2-7-12(11)17-10-5-3-4-9(8-10)13(15)16/h1-8H,(H2,15,16). The molecule has 0 spiro atoms. The summed E-state index contributed by atoms with van der Waals surface area (Å²) in [7, 11) is 0. The van der Waals surface area contributed by atoms with Gasteiger partial charge in [-0.1, -0.05) is 29.8 Å². The number of carbonyl (C=O) groups excluding carboxylic acids is 1. The maximum Gasteiger partial charge on any atom is 0.248 e. The third-order valence-electron chi connectivity index (χ3n) is 2.18. The molecule has 0 aliphatic rings. The minimum Gasteiger partial charge on any atom is -0.456 e. The van der Waals surface area contributed by atoms with E-state index in [1.54, 1.807) is 36.4 Å². The second-order valence-electron chi connectivity index (χ2n) is 3.42. The molecule has 3 nitrogen and oxygen atoms in total. The molecule has 2 rings (SSSR count). The summed E-state index contributed by atoms with van der Waals surface area (Å²) in [6, 6.07) is 13.7. The molecule has 4 heteroatoms. The van der Waals surface area contributed by atoms with E-state index in [1.807, 2.05) is 12.1 Å². The van der Waals surface area contributed by atoms with Crippen molar-refractivity contribution in [3.63, 3.8) is 0 Å². The molecular weight excluding hydrogens is 238 g/mol. The summed E-state index contributed by atoms with van der Waals surface area (Å²) in [6.07, 6.45) is 0. The fraction of sp³-hybridized carbons (Fsp3) is 0. The van der Waals surface area contributed by atoms with E-state index in [-0.39, 0.29) is 0 Å². The third kappa shape index (κ3) is 2.77. The molecule has 0 aromatic heterocycles. The monoisotopic (exact) mass is 247 g/mol. The molecule has 0 saturated heterocycles. The van der Waals surface area contributed by atoms with Crippen LogP contribution in [0.4, 0.5) is 0 Å². The molecule has 0 aliphatic heterocycles. The lowest BCUT2D eigenvalue weighted by atomic mass is 10.2. The van der Waals surface area contributed by atoms with Gasteiger partial charge in [0.25, 0.3) is 0 Å². The predicted octanol–water partition coefficient (Wildman–Crippen LogP) is 3.23. The first-order valence-corrected chi connectivity index (χ1v) is 5.37. The van der Waals surface area contributed by atoms with Crippen LogP contribution in [0.3, 0.4) is 0 Å². The Morgan fingerprint density at radius 3 is 2.59 bits per heavy atom. The third-order valence-corrected chi connectivity index (χ3v) is 2.50. The summed E-state index contributed by atoms with van der Waals surface area (Å²) in [6.45, 7) is 0. The Morgan fingerprint density at radius 2 is 1.88 bits per heavy atom. The summed E-state index contributed by atoms with van der Waals surface area (Å²) < 4.78 is 5.56. The molecule has 0 heterocycles. The maximum absolute atomic E-state index is 11.0. The fourth-order valence-corrected chi connectivity index (χ4v) is 1.54. The first-order chi connectivity index (χ1) is 8.16. The molecule has 0 radical (unpaired) electrons. The molecule has 0 bridgehead atoms. The largest absolute Gasteiger partial charge is 0.456 e. The Balaban J connectivity index is 2.28. The van der Waals surface area contributed by atoms with Gasteiger partial charge in [-0.3, -0.25) is 4.79 Å². The van der Waals surface area contributed by atoms with Crippen molar-refractivity contribution in [1.82, 2.24) is 0 Å². The number of hydrogen-bond donors (Lipinski definition) is 1. The van der Waals surface area contributed by atoms with Crippen LogP contribution in [0.25, 0.3) is 0 Å². The number of ether oxygens (including phenoxy) is 1. The highest BCUT2D eigenvalue weighted by Gasteiger charge is 2.04. The fourth-order valence-electron chi connectivity index (χ4n) is 1.37. The topological polar surface area (TPSA) is 52.3 Å². The highest BCUT2D eigenvalue weighted by Crippen LogP contribution is 2.28. The number of nitrogens with two attached hydrogens (primary N) is 1. The maximum atomic E-state index is 11.0. The van der Waals surface area contributed by atoms with E-state index >= 15 is 0 Å². The SMILES string of the molecule is NC(=O)c1cccc(Oc2ccccc2Cl)c1. The van der Waals surface area contributed by atoms with E-state index in [0.717, 1.165) is 0 Å². The molecule has 0 unspecified atom stereocenters. The van der Waals surface area contributed by atoms with Gasteiger partial charge >= 0.3 is 0 Å². The smallest absolute Gasteiger partial charge is 0.248 e. The van der Waals surface area contributed by atoms with E-state index < -0.39 is 5.91 Å². The van der Waals surface area contributed by atoms with Crippen molar-refractivity contribution >= 4 is 17.5 Å². The molecule has 0 aliphatic carbocycles. The van der Waals surface area contributed by atoms with Gasteiger partial charge in [0.05, 0.1) is 5.02 Å². The Morgan fingerprint density at radius 1 is 1.12 bits per heavy atom. The second kappa shape index (κ2) is 4.89. The molecule has 1 amide bonds. The quantitative estimate of drug-likeness (QED) is 0.905. The van der Waals surface area contributed by atoms with Gasteiger partial charge < -0.3 is 10.5 Å². The van der Waals surface area contributed by atoms with Gasteiger partial charge in [-0.25, -0.2) is 0 Å². The molecule has 0 saturated carbocycles. The summed E-state index contributed by atoms with van der Waals surface area (Å²) in [4.78, 5) is 11.0. The average Bonchev–Trinajstić information content (AvgIpc) is 2.32. The van der Waals surface area contributed by atoms with E-state index in [0.29, 0.717) is 22.1 Å². The van der Waals surface area contributed by atoms with E-state index in [4.69, 9.17) is 22.1 Å². The molecule has 0 atom stereocenters. The van der Waals surface area contributed by atoms with Gasteiger partial charge in [0.2, 0.25) is 5.91 Å². The molecule has 17 heavy (non-hydrogen) atoms. The van der Waals surface area contributed by atoms with Crippen molar-refractivity contribution in [3.8, 4) is 11.5 Å². The van der Waals surface area contributed by atoms with Gasteiger partial charge in [-0.05, 0) is 30.3 Å². The number of halogens is 1. The lowest BCUT2D eigenvalue weighted by Crippen LogP contribution is -2.10. The summed E-state index contributed by atoms with van der Waals surface area (Å²) >= 11 is 5.96. The Labute approximate surface area is 104 Å². The van der Waals surface area contributed by atoms with E-state index in [9.17, 15) is 4.79 Å². The Hall–Kier alpha value is -2.00. The molecule has 0 fully saturated rings. The number of rotatable bonds is 3. The zero-order valence-electron chi connectivity index (χ0n) is 8.89. The Bertz CT molecular complexity index is 555. The number of carbonyl (C=O) groups is 1. The van der Waals surface area contributed by atoms with Crippen LogP contribution in [-0.4, -0.2) is 5.91 Å². The zero-order chi connectivity index (χ0) is 12.3. The van der Waals surface area contributed by atoms with Crippen molar-refractivity contribution < 1.29 is 9.53 Å². The van der Waals surface area contributed by atoms with Crippen LogP contribution < -0.4 is 10.5 Å². The first-order valence-electron chi connectivity index (χ1n) is 4.99. The number of para-hydroxylation sites is 1. The summed E-state index contributed by atoms with van der Waals surface area (Å²) in [5.41, 5.74) is 5.58. The molecule has 2 N–H and O–H groups in total. The second-order valence-corrected chi connectivity index (χ2v) is 3.83. The lowest BCUT2D eigenvalue weighted by molar-refractivity contribution is 0.1000. The minimum absolute atomic E-state index is 0.398. The van der Waals surface area contributed by atoms with Crippen molar-refractivity contribution in [2.24, 2.45) is 5.73 Å². The van der Waals surface area contributed by atoms with Crippen molar-refractivity contribution in [1.29, 1.82) is 0 Å². The van der Waals surface area contributed by atoms with Gasteiger partial charge in [0.1, 0.15) is 11.5 Å². The molecule has 2 aromatic carbocycles. The van der Waals surface area contributed by atoms with E-state index in [1.165, 1.54) is 0 Å². The predicted molar refractivity (Wildman–Crippen MR) is 66.5 cm³/mol. The highest BCUT2D eigenvalue weighted by atomic mass is 35.5. The number of hydrogen-bond acceptors (Lipinski definition) is 2. The number of amides is 1. The zero-order valence-corrected chi connectivity index (χ0v) is 9.65. The van der Waals surface area contributed by atoms with Crippen LogP contribution >= 0.6 is 11.6 Å². The average molecular weight is 248 g/mol. The lowest BCUT2D eigenvalue weighted by Gasteiger charge is -2.07. The first kappa shape index (κ1) is 11.5. The van der Waals surface area contributed by atoms with E-state index in [2.05, 4.69) is 0 Å². The van der Waals surface area contributed by atoms with Gasteiger partial charge in [0.15, 0.2) is 0 Å². The highest BCUT2D eigenvalue weighted by molar-refractivity contribution is 6.32. The van der Waals surface area contributed by atoms with Crippen LogP contribution in [0, 0.1) is 0 Å². The number of benzene rings is 2. The van der Waals surface area contributed by atoms with Gasteiger partial charge in [-0.15, -0.1) is 0 Å². The Kier molecular flexibility index (Phi) is 3.30. The molecule has 86 valence electrons. The van der Waals surface area contributed by atoms with Crippen LogP contribution in [0.15, 0.2) is 48.5 Å². The molecule has 2 aromatic rings. The number of primary amides is 1. The van der Waals surface area contributed by atoms with Crippen LogP contribution in [-0.2, 0) is 0 Å². The molecular formula is C13H10ClNO2. The minimum atomic E-state index is -0.491. The van der Waals surface area contributed by atoms with Crippen molar-refractivity contribution in [2.75, 3.05) is 0 Å². The van der Waals surface area contributed by atoms with Gasteiger partial charge in [-0.2, -0.15) is 0 Å². The normalized spacial score (nSPS) is 9.94. The van der Waals surface area contributed by atoms with Crippen LogP contribution in [0.1, 0.15) is 10.4 Å².